The van der Waals surface area contributed by atoms with E-state index in [2.05, 4.69) is 27.3 Å². The maximum absolute atomic E-state index is 12.5. The molecule has 1 fully saturated rings. The summed E-state index contributed by atoms with van der Waals surface area (Å²) in [6, 6.07) is 12.0. The Labute approximate surface area is 160 Å². The summed E-state index contributed by atoms with van der Waals surface area (Å²) in [5, 5.41) is 11.9. The van der Waals surface area contributed by atoms with Gasteiger partial charge >= 0.3 is 0 Å². The molecule has 2 unspecified atom stereocenters. The van der Waals surface area contributed by atoms with Gasteiger partial charge in [-0.05, 0) is 62.6 Å². The summed E-state index contributed by atoms with van der Waals surface area (Å²) in [5.74, 6) is 1.80. The van der Waals surface area contributed by atoms with Crippen LogP contribution in [0.1, 0.15) is 33.1 Å². The maximum atomic E-state index is 12.5. The van der Waals surface area contributed by atoms with Crippen LogP contribution in [0.5, 0.6) is 5.75 Å². The van der Waals surface area contributed by atoms with Crippen LogP contribution in [0.15, 0.2) is 36.4 Å². The summed E-state index contributed by atoms with van der Waals surface area (Å²) in [6.07, 6.45) is 2.86. The molecule has 2 heterocycles. The van der Waals surface area contributed by atoms with E-state index in [0.29, 0.717) is 6.54 Å². The molecular formula is C21H28N4O2. The SMILES string of the molecule is CCC(C)NC(=O)C1CCCN(c2ccc(-c3ccc(OC)cc3)nn2)C1. The molecular weight excluding hydrogens is 340 g/mol. The van der Waals surface area contributed by atoms with Gasteiger partial charge < -0.3 is 15.0 Å². The number of amides is 1. The fraction of sp³-hybridized carbons (Fsp3) is 0.476. The van der Waals surface area contributed by atoms with Gasteiger partial charge in [0.2, 0.25) is 5.91 Å². The molecule has 2 aromatic rings. The lowest BCUT2D eigenvalue weighted by Crippen LogP contribution is -2.45. The Hall–Kier alpha value is -2.63. The van der Waals surface area contributed by atoms with Gasteiger partial charge in [-0.25, -0.2) is 0 Å². The van der Waals surface area contributed by atoms with Crippen LogP contribution in [0.4, 0.5) is 5.82 Å². The second kappa shape index (κ2) is 8.84. The number of hydrogen-bond acceptors (Lipinski definition) is 5. The summed E-state index contributed by atoms with van der Waals surface area (Å²) in [4.78, 5) is 14.6. The van der Waals surface area contributed by atoms with Gasteiger partial charge in [-0.3, -0.25) is 4.79 Å². The molecule has 6 nitrogen and oxygen atoms in total. The summed E-state index contributed by atoms with van der Waals surface area (Å²) in [6.45, 7) is 5.72. The van der Waals surface area contributed by atoms with Crippen LogP contribution in [0.2, 0.25) is 0 Å². The second-order valence-electron chi connectivity index (χ2n) is 7.11. The van der Waals surface area contributed by atoms with Crippen LogP contribution in [0, 0.1) is 5.92 Å². The number of anilines is 1. The number of ether oxygens (including phenoxy) is 1. The molecule has 1 aliphatic heterocycles. The highest BCUT2D eigenvalue weighted by molar-refractivity contribution is 5.79. The third kappa shape index (κ3) is 4.76. The van der Waals surface area contributed by atoms with Gasteiger partial charge in [0, 0.05) is 24.7 Å². The molecule has 6 heteroatoms. The fourth-order valence-electron chi connectivity index (χ4n) is 3.27. The fourth-order valence-corrected chi connectivity index (χ4v) is 3.27. The zero-order chi connectivity index (χ0) is 19.2. The van der Waals surface area contributed by atoms with Crippen molar-refractivity contribution in [2.45, 2.75) is 39.2 Å². The number of carbonyl (C=O) groups excluding carboxylic acids is 1. The van der Waals surface area contributed by atoms with Crippen molar-refractivity contribution in [3.63, 3.8) is 0 Å². The number of carbonyl (C=O) groups is 1. The van der Waals surface area contributed by atoms with Crippen molar-refractivity contribution in [1.29, 1.82) is 0 Å². The molecule has 1 saturated heterocycles. The molecule has 0 radical (unpaired) electrons. The number of nitrogens with zero attached hydrogens (tertiary/aromatic N) is 3. The van der Waals surface area contributed by atoms with Gasteiger partial charge in [-0.15, -0.1) is 10.2 Å². The van der Waals surface area contributed by atoms with Crippen molar-refractivity contribution in [3.8, 4) is 17.0 Å². The molecule has 1 N–H and O–H groups in total. The first-order chi connectivity index (χ1) is 13.1. The lowest BCUT2D eigenvalue weighted by molar-refractivity contribution is -0.125. The molecule has 1 aliphatic rings. The molecule has 27 heavy (non-hydrogen) atoms. The minimum atomic E-state index is 0.0100. The number of aromatic nitrogens is 2. The van der Waals surface area contributed by atoms with Crippen molar-refractivity contribution in [2.24, 2.45) is 5.92 Å². The third-order valence-electron chi connectivity index (χ3n) is 5.15. The van der Waals surface area contributed by atoms with E-state index in [-0.39, 0.29) is 17.9 Å². The topological polar surface area (TPSA) is 67.4 Å². The predicted molar refractivity (Wildman–Crippen MR) is 107 cm³/mol. The lowest BCUT2D eigenvalue weighted by atomic mass is 9.96. The molecule has 0 saturated carbocycles. The monoisotopic (exact) mass is 368 g/mol. The average molecular weight is 368 g/mol. The van der Waals surface area contributed by atoms with Crippen LogP contribution < -0.4 is 15.0 Å². The average Bonchev–Trinajstić information content (AvgIpc) is 2.74. The Kier molecular flexibility index (Phi) is 6.27. The van der Waals surface area contributed by atoms with Crippen molar-refractivity contribution in [1.82, 2.24) is 15.5 Å². The molecule has 1 aromatic heterocycles. The van der Waals surface area contributed by atoms with Gasteiger partial charge in [0.05, 0.1) is 18.7 Å². The van der Waals surface area contributed by atoms with E-state index in [4.69, 9.17) is 4.74 Å². The number of benzene rings is 1. The highest BCUT2D eigenvalue weighted by Gasteiger charge is 2.27. The van der Waals surface area contributed by atoms with E-state index < -0.39 is 0 Å². The van der Waals surface area contributed by atoms with Crippen molar-refractivity contribution >= 4 is 11.7 Å². The minimum Gasteiger partial charge on any atom is -0.497 e. The zero-order valence-electron chi connectivity index (χ0n) is 16.3. The summed E-state index contributed by atoms with van der Waals surface area (Å²) >= 11 is 0. The predicted octanol–water partition coefficient (Wildman–Crippen LogP) is 3.28. The molecule has 0 bridgehead atoms. The van der Waals surface area contributed by atoms with Crippen molar-refractivity contribution < 1.29 is 9.53 Å². The van der Waals surface area contributed by atoms with Crippen molar-refractivity contribution in [3.05, 3.63) is 36.4 Å². The number of methoxy groups -OCH3 is 1. The lowest BCUT2D eigenvalue weighted by Gasteiger charge is -2.33. The van der Waals surface area contributed by atoms with E-state index in [1.807, 2.05) is 43.3 Å². The molecule has 0 spiro atoms. The quantitative estimate of drug-likeness (QED) is 0.847. The normalized spacial score (nSPS) is 18.0. The molecule has 2 atom stereocenters. The Balaban J connectivity index is 1.66. The first kappa shape index (κ1) is 19.1. The summed E-state index contributed by atoms with van der Waals surface area (Å²) < 4.78 is 5.19. The maximum Gasteiger partial charge on any atom is 0.225 e. The standard InChI is InChI=1S/C21H28N4O2/c1-4-15(2)22-21(26)17-6-5-13-25(14-17)20-12-11-19(23-24-20)16-7-9-18(27-3)10-8-16/h7-12,15,17H,4-6,13-14H2,1-3H3,(H,22,26). The Morgan fingerprint density at radius 1 is 1.26 bits per heavy atom. The molecule has 3 rings (SSSR count). The zero-order valence-corrected chi connectivity index (χ0v) is 16.3. The van der Waals surface area contributed by atoms with E-state index in [1.54, 1.807) is 7.11 Å². The van der Waals surface area contributed by atoms with Crippen LogP contribution in [-0.4, -0.2) is 42.3 Å². The van der Waals surface area contributed by atoms with E-state index in [1.165, 1.54) is 0 Å². The van der Waals surface area contributed by atoms with Crippen molar-refractivity contribution in [2.75, 3.05) is 25.1 Å². The molecule has 1 aromatic carbocycles. The third-order valence-corrected chi connectivity index (χ3v) is 5.15. The Morgan fingerprint density at radius 2 is 2.04 bits per heavy atom. The van der Waals surface area contributed by atoms with E-state index >= 15 is 0 Å². The summed E-state index contributed by atoms with van der Waals surface area (Å²) in [7, 11) is 1.65. The number of piperidine rings is 1. The van der Waals surface area contributed by atoms with E-state index in [0.717, 1.165) is 48.6 Å². The Bertz CT molecular complexity index is 746. The highest BCUT2D eigenvalue weighted by atomic mass is 16.5. The number of hydrogen-bond donors (Lipinski definition) is 1. The van der Waals surface area contributed by atoms with E-state index in [9.17, 15) is 4.79 Å². The number of rotatable bonds is 6. The van der Waals surface area contributed by atoms with Crippen LogP contribution in [0.25, 0.3) is 11.3 Å². The van der Waals surface area contributed by atoms with Gasteiger partial charge in [0.15, 0.2) is 5.82 Å². The van der Waals surface area contributed by atoms with Gasteiger partial charge in [0.1, 0.15) is 5.75 Å². The summed E-state index contributed by atoms with van der Waals surface area (Å²) in [5.41, 5.74) is 1.82. The molecule has 1 amide bonds. The molecule has 144 valence electrons. The van der Waals surface area contributed by atoms with Crippen LogP contribution in [-0.2, 0) is 4.79 Å². The Morgan fingerprint density at radius 3 is 2.67 bits per heavy atom. The smallest absolute Gasteiger partial charge is 0.225 e. The second-order valence-corrected chi connectivity index (χ2v) is 7.11. The van der Waals surface area contributed by atoms with Gasteiger partial charge in [-0.2, -0.15) is 0 Å². The van der Waals surface area contributed by atoms with Crippen LogP contribution >= 0.6 is 0 Å². The highest BCUT2D eigenvalue weighted by Crippen LogP contribution is 2.24. The molecule has 0 aliphatic carbocycles. The number of nitrogens with one attached hydrogen (secondary N) is 1. The largest absolute Gasteiger partial charge is 0.497 e. The first-order valence-corrected chi connectivity index (χ1v) is 9.64. The van der Waals surface area contributed by atoms with Crippen LogP contribution in [0.3, 0.4) is 0 Å². The minimum absolute atomic E-state index is 0.0100. The van der Waals surface area contributed by atoms with Gasteiger partial charge in [0.25, 0.3) is 0 Å². The van der Waals surface area contributed by atoms with Gasteiger partial charge in [-0.1, -0.05) is 6.92 Å². The first-order valence-electron chi connectivity index (χ1n) is 9.64.